The second-order valence-electron chi connectivity index (χ2n) is 8.19. The van der Waals surface area contributed by atoms with Crippen LogP contribution in [0.3, 0.4) is 0 Å². The minimum Gasteiger partial charge on any atom is -0.352 e. The van der Waals surface area contributed by atoms with Gasteiger partial charge in [0.1, 0.15) is 0 Å². The Kier molecular flexibility index (Phi) is 6.92. The number of hydrogen-bond donors (Lipinski definition) is 2. The number of carbonyl (C=O) groups is 2. The molecule has 0 unspecified atom stereocenters. The van der Waals surface area contributed by atoms with Gasteiger partial charge in [0.2, 0.25) is 5.91 Å². The van der Waals surface area contributed by atoms with Gasteiger partial charge >= 0.3 is 0 Å². The Labute approximate surface area is 202 Å². The molecule has 1 atom stereocenters. The van der Waals surface area contributed by atoms with Crippen LogP contribution >= 0.6 is 23.4 Å². The molecule has 0 spiro atoms. The topological polar surface area (TPSA) is 82.0 Å². The summed E-state index contributed by atoms with van der Waals surface area (Å²) in [5, 5.41) is 17.6. The van der Waals surface area contributed by atoms with E-state index in [0.29, 0.717) is 33.3 Å². The van der Waals surface area contributed by atoms with E-state index in [9.17, 15) is 14.9 Å². The van der Waals surface area contributed by atoms with Crippen LogP contribution in [-0.2, 0) is 9.59 Å². The van der Waals surface area contributed by atoms with E-state index in [0.717, 1.165) is 35.2 Å². The van der Waals surface area contributed by atoms with E-state index in [4.69, 9.17) is 11.6 Å². The molecule has 0 saturated carbocycles. The number of amides is 1. The molecule has 1 amide bonds. The Morgan fingerprint density at radius 1 is 1.21 bits per heavy atom. The average molecular weight is 478 g/mol. The van der Waals surface area contributed by atoms with Crippen LogP contribution in [0.5, 0.6) is 0 Å². The molecular weight excluding hydrogens is 454 g/mol. The number of rotatable bonds is 5. The molecule has 5 nitrogen and oxygen atoms in total. The van der Waals surface area contributed by atoms with Crippen LogP contribution < -0.4 is 10.6 Å². The lowest BCUT2D eigenvalue weighted by Gasteiger charge is -2.33. The molecule has 7 heteroatoms. The number of halogens is 1. The summed E-state index contributed by atoms with van der Waals surface area (Å²) in [6, 6.07) is 15.6. The number of allylic oxidation sites excluding steroid dienone is 3. The Hall–Kier alpha value is -3.01. The van der Waals surface area contributed by atoms with Crippen molar-refractivity contribution in [2.24, 2.45) is 0 Å². The van der Waals surface area contributed by atoms with E-state index in [-0.39, 0.29) is 17.4 Å². The van der Waals surface area contributed by atoms with Crippen molar-refractivity contribution in [3.05, 3.63) is 86.0 Å². The first-order chi connectivity index (χ1) is 15.9. The zero-order chi connectivity index (χ0) is 23.5. The number of ketones is 1. The van der Waals surface area contributed by atoms with Crippen LogP contribution in [-0.4, -0.2) is 17.4 Å². The number of aryl methyl sites for hydroxylation is 1. The molecule has 2 aromatic rings. The SMILES string of the molecule is Cc1ccccc1[C@@H]1C(C#N)=C(SCC(=O)Nc2cccc(Cl)c2C)NC2=C1C(=O)CCC2. The van der Waals surface area contributed by atoms with E-state index < -0.39 is 5.92 Å². The van der Waals surface area contributed by atoms with E-state index >= 15 is 0 Å². The highest BCUT2D eigenvalue weighted by Crippen LogP contribution is 2.44. The summed E-state index contributed by atoms with van der Waals surface area (Å²) in [7, 11) is 0. The average Bonchev–Trinajstić information content (AvgIpc) is 2.80. The van der Waals surface area contributed by atoms with Gasteiger partial charge in [-0.2, -0.15) is 5.26 Å². The minimum atomic E-state index is -0.416. The van der Waals surface area contributed by atoms with E-state index in [1.807, 2.05) is 44.2 Å². The number of dihydropyridines is 1. The van der Waals surface area contributed by atoms with Crippen LogP contribution in [0.2, 0.25) is 5.02 Å². The second kappa shape index (κ2) is 9.86. The Morgan fingerprint density at radius 3 is 2.76 bits per heavy atom. The third-order valence-electron chi connectivity index (χ3n) is 6.05. The van der Waals surface area contributed by atoms with Gasteiger partial charge in [-0.3, -0.25) is 9.59 Å². The third kappa shape index (κ3) is 4.71. The summed E-state index contributed by atoms with van der Waals surface area (Å²) < 4.78 is 0. The molecule has 0 bridgehead atoms. The smallest absolute Gasteiger partial charge is 0.234 e. The number of nitrogens with zero attached hydrogens (tertiary/aromatic N) is 1. The fraction of sp³-hybridized carbons (Fsp3) is 0.269. The van der Waals surface area contributed by atoms with Crippen molar-refractivity contribution in [2.75, 3.05) is 11.1 Å². The highest BCUT2D eigenvalue weighted by molar-refractivity contribution is 8.03. The van der Waals surface area contributed by atoms with Gasteiger partial charge in [-0.1, -0.05) is 53.7 Å². The largest absolute Gasteiger partial charge is 0.352 e. The Bertz CT molecular complexity index is 1240. The number of Topliss-reactive ketones (excluding diaryl/α,β-unsaturated/α-hetero) is 1. The number of hydrogen-bond acceptors (Lipinski definition) is 5. The van der Waals surface area contributed by atoms with Crippen molar-refractivity contribution in [3.8, 4) is 6.07 Å². The molecule has 0 radical (unpaired) electrons. The van der Waals surface area contributed by atoms with Gasteiger partial charge in [-0.05, 0) is 55.5 Å². The van der Waals surface area contributed by atoms with Gasteiger partial charge in [0.05, 0.1) is 28.3 Å². The maximum atomic E-state index is 12.9. The van der Waals surface area contributed by atoms with Gasteiger partial charge < -0.3 is 10.6 Å². The highest BCUT2D eigenvalue weighted by Gasteiger charge is 2.37. The number of thioether (sulfide) groups is 1. The summed E-state index contributed by atoms with van der Waals surface area (Å²) >= 11 is 7.44. The zero-order valence-electron chi connectivity index (χ0n) is 18.5. The Morgan fingerprint density at radius 2 is 2.00 bits per heavy atom. The van der Waals surface area contributed by atoms with Crippen molar-refractivity contribution in [2.45, 2.75) is 39.0 Å². The van der Waals surface area contributed by atoms with Crippen molar-refractivity contribution in [1.29, 1.82) is 5.26 Å². The van der Waals surface area contributed by atoms with Crippen molar-refractivity contribution in [1.82, 2.24) is 5.32 Å². The zero-order valence-corrected chi connectivity index (χ0v) is 20.1. The van der Waals surface area contributed by atoms with Gasteiger partial charge in [0, 0.05) is 28.4 Å². The van der Waals surface area contributed by atoms with Crippen LogP contribution in [0.25, 0.3) is 0 Å². The number of anilines is 1. The molecule has 4 rings (SSSR count). The number of nitrogens with one attached hydrogen (secondary N) is 2. The number of carbonyl (C=O) groups excluding carboxylic acids is 2. The fourth-order valence-electron chi connectivity index (χ4n) is 4.33. The van der Waals surface area contributed by atoms with Gasteiger partial charge in [0.25, 0.3) is 0 Å². The predicted molar refractivity (Wildman–Crippen MR) is 133 cm³/mol. The van der Waals surface area contributed by atoms with Crippen molar-refractivity contribution in [3.63, 3.8) is 0 Å². The quantitative estimate of drug-likeness (QED) is 0.572. The van der Waals surface area contributed by atoms with Gasteiger partial charge in [-0.25, -0.2) is 0 Å². The van der Waals surface area contributed by atoms with Crippen LogP contribution in [0.4, 0.5) is 5.69 Å². The maximum absolute atomic E-state index is 12.9. The molecule has 33 heavy (non-hydrogen) atoms. The number of benzene rings is 2. The van der Waals surface area contributed by atoms with Crippen molar-refractivity contribution < 1.29 is 9.59 Å². The molecule has 168 valence electrons. The molecule has 0 aromatic heterocycles. The molecule has 0 fully saturated rings. The van der Waals surface area contributed by atoms with Crippen LogP contribution in [0.15, 0.2) is 64.3 Å². The van der Waals surface area contributed by atoms with E-state index in [1.165, 1.54) is 11.8 Å². The third-order valence-corrected chi connectivity index (χ3v) is 7.48. The lowest BCUT2D eigenvalue weighted by molar-refractivity contribution is -0.116. The Balaban J connectivity index is 1.63. The monoisotopic (exact) mass is 477 g/mol. The molecule has 1 aliphatic heterocycles. The van der Waals surface area contributed by atoms with Crippen LogP contribution in [0, 0.1) is 25.2 Å². The molecule has 2 N–H and O–H groups in total. The molecular formula is C26H24ClN3O2S. The van der Waals surface area contributed by atoms with Gasteiger partial charge in [0.15, 0.2) is 5.78 Å². The summed E-state index contributed by atoms with van der Waals surface area (Å²) in [5.74, 6) is -0.399. The summed E-state index contributed by atoms with van der Waals surface area (Å²) in [5.41, 5.74) is 5.49. The lowest BCUT2D eigenvalue weighted by Crippen LogP contribution is -2.32. The standard InChI is InChI=1S/C26H24ClN3O2S/c1-15-7-3-4-8-17(15)24-18(13-28)26(30-21-11-6-12-22(31)25(21)24)33-14-23(32)29-20-10-5-9-19(27)16(20)2/h3-5,7-10,24,30H,6,11-12,14H2,1-2H3,(H,29,32)/t24-/m1/s1. The molecule has 2 aromatic carbocycles. The first-order valence-electron chi connectivity index (χ1n) is 10.8. The fourth-order valence-corrected chi connectivity index (χ4v) is 5.36. The molecule has 0 saturated heterocycles. The van der Waals surface area contributed by atoms with Gasteiger partial charge in [-0.15, -0.1) is 0 Å². The number of nitriles is 1. The predicted octanol–water partition coefficient (Wildman–Crippen LogP) is 5.76. The summed E-state index contributed by atoms with van der Waals surface area (Å²) in [6.45, 7) is 3.85. The maximum Gasteiger partial charge on any atom is 0.234 e. The van der Waals surface area contributed by atoms with E-state index in [2.05, 4.69) is 16.7 Å². The van der Waals surface area contributed by atoms with Crippen LogP contribution in [0.1, 0.15) is 41.9 Å². The normalized spacial score (nSPS) is 17.9. The highest BCUT2D eigenvalue weighted by atomic mass is 35.5. The second-order valence-corrected chi connectivity index (χ2v) is 9.58. The summed E-state index contributed by atoms with van der Waals surface area (Å²) in [4.78, 5) is 25.6. The molecule has 2 aliphatic rings. The first kappa shape index (κ1) is 23.2. The first-order valence-corrected chi connectivity index (χ1v) is 12.2. The minimum absolute atomic E-state index is 0.0861. The summed E-state index contributed by atoms with van der Waals surface area (Å²) in [6.07, 6.45) is 2.02. The van der Waals surface area contributed by atoms with E-state index in [1.54, 1.807) is 12.1 Å². The van der Waals surface area contributed by atoms with Crippen molar-refractivity contribution >= 4 is 40.7 Å². The molecule has 1 heterocycles. The molecule has 1 aliphatic carbocycles. The lowest BCUT2D eigenvalue weighted by atomic mass is 9.76.